The molecule has 120 valence electrons. The summed E-state index contributed by atoms with van der Waals surface area (Å²) in [5, 5.41) is 21.1. The van der Waals surface area contributed by atoms with Gasteiger partial charge in [-0.05, 0) is 48.7 Å². The molecule has 0 atom stereocenters. The summed E-state index contributed by atoms with van der Waals surface area (Å²) < 4.78 is 1.72. The highest BCUT2D eigenvalue weighted by atomic mass is 16.1. The zero-order valence-corrected chi connectivity index (χ0v) is 13.9. The standard InChI is InChI=1S/C19H18N4O/c1-4-14-5-7-17(8-6-14)22-19(24)16(11-20)9-15-10-18(12-21)23(3)13(15)2/h5-10H,4H2,1-3H3,(H,22,24). The van der Waals surface area contributed by atoms with Crippen molar-refractivity contribution in [1.82, 2.24) is 4.57 Å². The number of carbonyl (C=O) groups excluding carboxylic acids is 1. The summed E-state index contributed by atoms with van der Waals surface area (Å²) in [6.07, 6.45) is 2.43. The lowest BCUT2D eigenvalue weighted by Gasteiger charge is -2.05. The Hall–Kier alpha value is -3.31. The molecule has 1 N–H and O–H groups in total. The van der Waals surface area contributed by atoms with Crippen LogP contribution in [0.1, 0.15) is 29.4 Å². The summed E-state index contributed by atoms with van der Waals surface area (Å²) in [5.74, 6) is -0.469. The number of amides is 1. The van der Waals surface area contributed by atoms with Crippen LogP contribution in [0, 0.1) is 29.6 Å². The van der Waals surface area contributed by atoms with E-state index in [1.807, 2.05) is 37.3 Å². The van der Waals surface area contributed by atoms with Crippen molar-refractivity contribution in [1.29, 1.82) is 10.5 Å². The number of nitriles is 2. The first kappa shape index (κ1) is 17.1. The van der Waals surface area contributed by atoms with Crippen molar-refractivity contribution in [3.8, 4) is 12.1 Å². The topological polar surface area (TPSA) is 81.6 Å². The molecule has 0 saturated heterocycles. The molecule has 5 nitrogen and oxygen atoms in total. The predicted molar refractivity (Wildman–Crippen MR) is 92.9 cm³/mol. The average Bonchev–Trinajstić information content (AvgIpc) is 2.87. The van der Waals surface area contributed by atoms with Gasteiger partial charge in [0.05, 0.1) is 0 Å². The van der Waals surface area contributed by atoms with E-state index in [0.29, 0.717) is 16.9 Å². The lowest BCUT2D eigenvalue weighted by molar-refractivity contribution is -0.112. The summed E-state index contributed by atoms with van der Waals surface area (Å²) in [7, 11) is 1.77. The molecule has 0 aliphatic carbocycles. The molecule has 2 rings (SSSR count). The Morgan fingerprint density at radius 1 is 1.29 bits per heavy atom. The SMILES string of the molecule is CCc1ccc(NC(=O)C(C#N)=Cc2cc(C#N)n(C)c2C)cc1. The number of rotatable bonds is 4. The molecule has 0 bridgehead atoms. The van der Waals surface area contributed by atoms with Gasteiger partial charge in [-0.3, -0.25) is 4.79 Å². The van der Waals surface area contributed by atoms with E-state index in [-0.39, 0.29) is 5.57 Å². The van der Waals surface area contributed by atoms with Crippen molar-refractivity contribution < 1.29 is 4.79 Å². The maximum Gasteiger partial charge on any atom is 0.266 e. The van der Waals surface area contributed by atoms with E-state index in [9.17, 15) is 10.1 Å². The van der Waals surface area contributed by atoms with Crippen LogP contribution < -0.4 is 5.32 Å². The number of nitrogens with zero attached hydrogens (tertiary/aromatic N) is 3. The quantitative estimate of drug-likeness (QED) is 0.693. The number of aryl methyl sites for hydroxylation is 1. The van der Waals surface area contributed by atoms with Crippen LogP contribution in [0.15, 0.2) is 35.9 Å². The Bertz CT molecular complexity index is 874. The van der Waals surface area contributed by atoms with Crippen LogP contribution in [-0.4, -0.2) is 10.5 Å². The van der Waals surface area contributed by atoms with Gasteiger partial charge >= 0.3 is 0 Å². The lowest BCUT2D eigenvalue weighted by atomic mass is 10.1. The van der Waals surface area contributed by atoms with E-state index < -0.39 is 5.91 Å². The number of anilines is 1. The lowest BCUT2D eigenvalue weighted by Crippen LogP contribution is -2.13. The highest BCUT2D eigenvalue weighted by Gasteiger charge is 2.13. The van der Waals surface area contributed by atoms with Crippen LogP contribution in [-0.2, 0) is 18.3 Å². The maximum atomic E-state index is 12.3. The van der Waals surface area contributed by atoms with Crippen LogP contribution in [0.4, 0.5) is 5.69 Å². The van der Waals surface area contributed by atoms with Crippen LogP contribution in [0.25, 0.3) is 6.08 Å². The van der Waals surface area contributed by atoms with Gasteiger partial charge in [-0.15, -0.1) is 0 Å². The molecular weight excluding hydrogens is 300 g/mol. The van der Waals surface area contributed by atoms with Gasteiger partial charge in [0.15, 0.2) is 0 Å². The van der Waals surface area contributed by atoms with E-state index in [4.69, 9.17) is 5.26 Å². The second-order valence-electron chi connectivity index (χ2n) is 5.42. The van der Waals surface area contributed by atoms with Crippen LogP contribution in [0.3, 0.4) is 0 Å². The molecule has 0 unspecified atom stereocenters. The first-order chi connectivity index (χ1) is 11.5. The fourth-order valence-electron chi connectivity index (χ4n) is 2.30. The van der Waals surface area contributed by atoms with Crippen molar-refractivity contribution in [2.75, 3.05) is 5.32 Å². The molecule has 0 saturated carbocycles. The molecule has 1 heterocycles. The Morgan fingerprint density at radius 2 is 1.96 bits per heavy atom. The van der Waals surface area contributed by atoms with Gasteiger partial charge in [0.2, 0.25) is 0 Å². The van der Waals surface area contributed by atoms with Gasteiger partial charge in [-0.2, -0.15) is 10.5 Å². The Kier molecular flexibility index (Phi) is 5.19. The van der Waals surface area contributed by atoms with Crippen molar-refractivity contribution in [3.63, 3.8) is 0 Å². The summed E-state index contributed by atoms with van der Waals surface area (Å²) >= 11 is 0. The third kappa shape index (κ3) is 3.53. The van der Waals surface area contributed by atoms with E-state index in [1.165, 1.54) is 11.6 Å². The van der Waals surface area contributed by atoms with Crippen LogP contribution in [0.2, 0.25) is 0 Å². The maximum absolute atomic E-state index is 12.3. The molecule has 2 aromatic rings. The van der Waals surface area contributed by atoms with Crippen LogP contribution >= 0.6 is 0 Å². The molecule has 0 spiro atoms. The second-order valence-corrected chi connectivity index (χ2v) is 5.42. The molecule has 0 radical (unpaired) electrons. The molecular formula is C19H18N4O. The molecule has 0 fully saturated rings. The van der Waals surface area contributed by atoms with E-state index >= 15 is 0 Å². The fourth-order valence-corrected chi connectivity index (χ4v) is 2.30. The summed E-state index contributed by atoms with van der Waals surface area (Å²) in [4.78, 5) is 12.3. The van der Waals surface area contributed by atoms with Crippen molar-refractivity contribution >= 4 is 17.7 Å². The molecule has 1 aromatic carbocycles. The summed E-state index contributed by atoms with van der Waals surface area (Å²) in [5.41, 5.74) is 3.79. The fraction of sp³-hybridized carbons (Fsp3) is 0.211. The van der Waals surface area contributed by atoms with Gasteiger partial charge < -0.3 is 9.88 Å². The average molecular weight is 318 g/mol. The molecule has 0 aliphatic heterocycles. The Morgan fingerprint density at radius 3 is 2.46 bits per heavy atom. The highest BCUT2D eigenvalue weighted by molar-refractivity contribution is 6.09. The monoisotopic (exact) mass is 318 g/mol. The molecule has 1 aromatic heterocycles. The molecule has 0 aliphatic rings. The number of aromatic nitrogens is 1. The van der Waals surface area contributed by atoms with Crippen molar-refractivity contribution in [2.24, 2.45) is 7.05 Å². The van der Waals surface area contributed by atoms with Gasteiger partial charge in [0, 0.05) is 18.4 Å². The minimum Gasteiger partial charge on any atom is -0.339 e. The molecule has 24 heavy (non-hydrogen) atoms. The Balaban J connectivity index is 2.26. The Labute approximate surface area is 141 Å². The largest absolute Gasteiger partial charge is 0.339 e. The van der Waals surface area contributed by atoms with E-state index in [1.54, 1.807) is 17.7 Å². The van der Waals surface area contributed by atoms with Gasteiger partial charge in [0.1, 0.15) is 23.4 Å². The number of carbonyl (C=O) groups is 1. The van der Waals surface area contributed by atoms with E-state index in [2.05, 4.69) is 18.3 Å². The second kappa shape index (κ2) is 7.30. The van der Waals surface area contributed by atoms with Crippen molar-refractivity contribution in [3.05, 3.63) is 58.4 Å². The molecule has 1 amide bonds. The predicted octanol–water partition coefficient (Wildman–Crippen LogP) is 3.31. The van der Waals surface area contributed by atoms with Gasteiger partial charge in [-0.25, -0.2) is 0 Å². The number of hydrogen-bond acceptors (Lipinski definition) is 3. The van der Waals surface area contributed by atoms with E-state index in [0.717, 1.165) is 12.1 Å². The third-order valence-electron chi connectivity index (χ3n) is 3.97. The zero-order valence-electron chi connectivity index (χ0n) is 13.9. The summed E-state index contributed by atoms with van der Waals surface area (Å²) in [6, 6.07) is 13.2. The minimum atomic E-state index is -0.469. The normalized spacial score (nSPS) is 10.8. The first-order valence-electron chi connectivity index (χ1n) is 7.58. The van der Waals surface area contributed by atoms with Gasteiger partial charge in [0.25, 0.3) is 5.91 Å². The zero-order chi connectivity index (χ0) is 17.7. The van der Waals surface area contributed by atoms with Crippen LogP contribution in [0.5, 0.6) is 0 Å². The van der Waals surface area contributed by atoms with Crippen molar-refractivity contribution in [2.45, 2.75) is 20.3 Å². The first-order valence-corrected chi connectivity index (χ1v) is 7.58. The van der Waals surface area contributed by atoms with Gasteiger partial charge in [-0.1, -0.05) is 19.1 Å². The minimum absolute atomic E-state index is 0.00671. The third-order valence-corrected chi connectivity index (χ3v) is 3.97. The molecule has 5 heteroatoms. The number of hydrogen-bond donors (Lipinski definition) is 1. The summed E-state index contributed by atoms with van der Waals surface area (Å²) in [6.45, 7) is 3.89. The number of benzene rings is 1. The highest BCUT2D eigenvalue weighted by Crippen LogP contribution is 2.18. The number of nitrogens with one attached hydrogen (secondary N) is 1. The smallest absolute Gasteiger partial charge is 0.266 e.